The molecule has 0 bridgehead atoms. The molecular formula is C72H96N2O8Si. The predicted octanol–water partition coefficient (Wildman–Crippen LogP) is 13.1. The lowest BCUT2D eigenvalue weighted by molar-refractivity contribution is -0.223. The van der Waals surface area contributed by atoms with E-state index in [1.54, 1.807) is 14.2 Å². The third kappa shape index (κ3) is 12.1. The first kappa shape index (κ1) is 60.8. The van der Waals surface area contributed by atoms with Crippen LogP contribution in [-0.2, 0) is 31.0 Å². The van der Waals surface area contributed by atoms with Gasteiger partial charge in [-0.25, -0.2) is 0 Å². The second-order valence-corrected chi connectivity index (χ2v) is 31.6. The van der Waals surface area contributed by atoms with E-state index in [9.17, 15) is 19.8 Å². The van der Waals surface area contributed by atoms with Crippen LogP contribution in [0.3, 0.4) is 0 Å². The molecule has 446 valence electrons. The summed E-state index contributed by atoms with van der Waals surface area (Å²) in [7, 11) is 0.348. The van der Waals surface area contributed by atoms with Gasteiger partial charge in [0.05, 0.1) is 33.0 Å². The molecule has 5 aromatic carbocycles. The number of amides is 2. The number of methoxy groups -OCH3 is 2. The Labute approximate surface area is 497 Å². The van der Waals surface area contributed by atoms with E-state index < -0.39 is 31.9 Å². The number of nitrogens with one attached hydrogen (secondary N) is 1. The van der Waals surface area contributed by atoms with Crippen LogP contribution >= 0.6 is 0 Å². The number of hydrogen-bond acceptors (Lipinski definition) is 8. The van der Waals surface area contributed by atoms with Gasteiger partial charge in [-0.2, -0.15) is 0 Å². The fourth-order valence-electron chi connectivity index (χ4n) is 17.5. The molecule has 1 saturated heterocycles. The van der Waals surface area contributed by atoms with E-state index in [2.05, 4.69) is 108 Å². The number of fused-ring (bicyclic) bond motifs is 5. The zero-order valence-electron chi connectivity index (χ0n) is 51.1. The quantitative estimate of drug-likeness (QED) is 0.0355. The maximum absolute atomic E-state index is 14.4. The van der Waals surface area contributed by atoms with Crippen molar-refractivity contribution in [2.24, 2.45) is 46.3 Å². The first-order valence-electron chi connectivity index (χ1n) is 31.6. The van der Waals surface area contributed by atoms with Crippen LogP contribution in [0.2, 0.25) is 5.04 Å². The lowest BCUT2D eigenvalue weighted by atomic mass is 9.44. The maximum Gasteiger partial charge on any atom is 0.264 e. The Morgan fingerprint density at radius 2 is 1.29 bits per heavy atom. The van der Waals surface area contributed by atoms with E-state index in [1.165, 1.54) is 42.5 Å². The zero-order valence-corrected chi connectivity index (χ0v) is 52.1. The van der Waals surface area contributed by atoms with Crippen LogP contribution in [0.25, 0.3) is 0 Å². The van der Waals surface area contributed by atoms with Crippen molar-refractivity contribution in [2.45, 2.75) is 179 Å². The van der Waals surface area contributed by atoms with Gasteiger partial charge in [-0.05, 0) is 173 Å². The van der Waals surface area contributed by atoms with Crippen molar-refractivity contribution < 1.29 is 38.4 Å². The summed E-state index contributed by atoms with van der Waals surface area (Å²) in [4.78, 5) is 29.8. The molecule has 1 heterocycles. The van der Waals surface area contributed by atoms with E-state index in [0.717, 1.165) is 48.8 Å². The summed E-state index contributed by atoms with van der Waals surface area (Å²) in [5.74, 6) is 3.95. The van der Waals surface area contributed by atoms with Gasteiger partial charge in [0.25, 0.3) is 8.32 Å². The number of likely N-dealkylation sites (tertiary alicyclic amines) is 1. The number of carbonyl (C=O) groups is 2. The van der Waals surface area contributed by atoms with Gasteiger partial charge in [-0.15, -0.1) is 0 Å². The first-order valence-corrected chi connectivity index (χ1v) is 33.5. The molecule has 0 radical (unpaired) electrons. The Balaban J connectivity index is 0.712. The van der Waals surface area contributed by atoms with Gasteiger partial charge in [0.2, 0.25) is 11.8 Å². The van der Waals surface area contributed by atoms with E-state index in [4.69, 9.17) is 18.6 Å². The minimum Gasteiger partial charge on any atom is -0.497 e. The normalized spacial score (nSPS) is 28.4. The third-order valence-electron chi connectivity index (χ3n) is 21.8. The molecule has 2 amide bonds. The molecule has 3 N–H and O–H groups in total. The summed E-state index contributed by atoms with van der Waals surface area (Å²) in [5.41, 5.74) is 2.06. The molecule has 0 spiro atoms. The Morgan fingerprint density at radius 1 is 0.699 bits per heavy atom. The topological polar surface area (TPSA) is 127 Å². The zero-order chi connectivity index (χ0) is 58.6. The van der Waals surface area contributed by atoms with Crippen molar-refractivity contribution in [1.82, 2.24) is 10.2 Å². The molecule has 4 aliphatic carbocycles. The molecule has 4 saturated carbocycles. The van der Waals surface area contributed by atoms with Crippen LogP contribution < -0.4 is 25.2 Å². The summed E-state index contributed by atoms with van der Waals surface area (Å²) in [6.07, 6.45) is 13.5. The third-order valence-corrected chi connectivity index (χ3v) is 26.9. The molecule has 10 nitrogen and oxygen atoms in total. The number of rotatable bonds is 22. The van der Waals surface area contributed by atoms with Crippen LogP contribution in [0.5, 0.6) is 11.5 Å². The molecule has 5 aromatic rings. The summed E-state index contributed by atoms with van der Waals surface area (Å²) in [6.45, 7) is 15.6. The minimum absolute atomic E-state index is 0.0164. The number of β-amino-alcohol motifs (C(OH)–C–C–N with tert-alkyl or cyclic N) is 1. The van der Waals surface area contributed by atoms with Crippen molar-refractivity contribution in [2.75, 3.05) is 27.3 Å². The Bertz CT molecular complexity index is 2830. The highest BCUT2D eigenvalue weighted by Gasteiger charge is 2.64. The van der Waals surface area contributed by atoms with E-state index in [-0.39, 0.29) is 40.8 Å². The van der Waals surface area contributed by atoms with Crippen molar-refractivity contribution in [1.29, 1.82) is 0 Å². The molecule has 11 atom stereocenters. The van der Waals surface area contributed by atoms with Crippen molar-refractivity contribution in [3.8, 4) is 11.5 Å². The number of carbonyl (C=O) groups excluding carboxylic acids is 2. The monoisotopic (exact) mass is 1140 g/mol. The number of aliphatic hydroxyl groups excluding tert-OH is 1. The molecule has 1 aliphatic heterocycles. The highest BCUT2D eigenvalue weighted by molar-refractivity contribution is 6.99. The lowest BCUT2D eigenvalue weighted by Gasteiger charge is -2.63. The molecular weight excluding hydrogens is 1050 g/mol. The molecule has 5 fully saturated rings. The van der Waals surface area contributed by atoms with Crippen LogP contribution in [0.1, 0.15) is 161 Å². The van der Waals surface area contributed by atoms with Gasteiger partial charge in [-0.1, -0.05) is 163 Å². The van der Waals surface area contributed by atoms with Crippen LogP contribution in [0.4, 0.5) is 0 Å². The highest BCUT2D eigenvalue weighted by atomic mass is 28.4. The van der Waals surface area contributed by atoms with E-state index in [1.807, 2.05) is 83.8 Å². The summed E-state index contributed by atoms with van der Waals surface area (Å²) >= 11 is 0. The molecule has 10 rings (SSSR count). The average molecular weight is 1150 g/mol. The minimum atomic E-state index is -2.94. The Kier molecular flexibility index (Phi) is 18.6. The second-order valence-electron chi connectivity index (χ2n) is 27.4. The van der Waals surface area contributed by atoms with E-state index in [0.29, 0.717) is 92.1 Å². The van der Waals surface area contributed by atoms with Crippen molar-refractivity contribution in [3.05, 3.63) is 156 Å². The van der Waals surface area contributed by atoms with Gasteiger partial charge in [-0.3, -0.25) is 9.59 Å². The van der Waals surface area contributed by atoms with Gasteiger partial charge in [0, 0.05) is 38.8 Å². The average Bonchev–Trinajstić information content (AvgIpc) is 2.71. The van der Waals surface area contributed by atoms with Gasteiger partial charge < -0.3 is 39.1 Å². The molecule has 83 heavy (non-hydrogen) atoms. The number of unbranched alkanes of at least 4 members (excludes halogenated alkanes) is 2. The number of nitrogens with zero attached hydrogens (tertiary/aromatic N) is 1. The van der Waals surface area contributed by atoms with E-state index >= 15 is 0 Å². The number of aliphatic hydroxyl groups is 2. The van der Waals surface area contributed by atoms with Crippen LogP contribution in [0.15, 0.2) is 140 Å². The van der Waals surface area contributed by atoms with Gasteiger partial charge in [0.1, 0.15) is 17.1 Å². The van der Waals surface area contributed by atoms with Crippen LogP contribution in [0, 0.1) is 46.3 Å². The Morgan fingerprint density at radius 3 is 1.88 bits per heavy atom. The number of hydrogen-bond donors (Lipinski definition) is 3. The first-order chi connectivity index (χ1) is 39.9. The lowest BCUT2D eigenvalue weighted by Crippen LogP contribution is -2.70. The summed E-state index contributed by atoms with van der Waals surface area (Å²) in [6, 6.07) is 46.8. The fourth-order valence-corrected chi connectivity index (χ4v) is 22.2. The van der Waals surface area contributed by atoms with Crippen molar-refractivity contribution >= 4 is 30.5 Å². The fraction of sp³-hybridized carbons (Fsp3) is 0.556. The highest BCUT2D eigenvalue weighted by Crippen LogP contribution is 2.69. The largest absolute Gasteiger partial charge is 0.497 e. The Hall–Kier alpha value is -5.30. The standard InChI is InChI=1S/C72H96N2O8Si/c1-51(62-39-40-63-61-38-33-55-48-71(78,45-44-69(55,5)64(61)42-43-70(62,63)6)82-83(68(2,3)4,59-23-15-10-16-24-59)60-25-17-11-18-26-60)28-41-66(76)73-46-20-12-19-27-67(77)74-49-56(75)47-65(74)72(53-29-34-57(79-7)35-30-53,54-31-36-58(80-8)37-32-54)81-50-52-21-13-9-14-22-52/h9-11,13-18,21-26,29-32,34-37,51,55-56,61-65,75,78H,12,19-20,27-28,33,38-50H2,1-8H3,(H,73,76)/t51-,55?,56?,61+,62-,63+,64+,65?,69+,70-,71+/m1/s1. The smallest absolute Gasteiger partial charge is 0.264 e. The van der Waals surface area contributed by atoms with Gasteiger partial charge in [0.15, 0.2) is 5.79 Å². The molecule has 5 aliphatic rings. The SMILES string of the molecule is COc1ccc(C(OCc2ccccc2)(c2ccc(OC)cc2)C2CC(O)CN2C(=O)CCCCCNC(=O)CC[C@@H](C)[C@H]2CC[C@H]3[C@@H]4CCC5C[C@@](O)(O[Si](c6ccccc6)(c6ccccc6)C(C)(C)C)CC[C@]5(C)[C@H]4CC[C@]23C)cc1. The second kappa shape index (κ2) is 25.3. The van der Waals surface area contributed by atoms with Crippen molar-refractivity contribution in [3.63, 3.8) is 0 Å². The summed E-state index contributed by atoms with van der Waals surface area (Å²) < 4.78 is 25.8. The molecule has 0 aromatic heterocycles. The number of ether oxygens (including phenoxy) is 3. The molecule has 3 unspecified atom stereocenters. The summed E-state index contributed by atoms with van der Waals surface area (Å²) in [5, 5.41) is 29.7. The maximum atomic E-state index is 14.4. The van der Waals surface area contributed by atoms with Crippen LogP contribution in [-0.4, -0.2) is 80.5 Å². The predicted molar refractivity (Wildman–Crippen MR) is 333 cm³/mol. The number of benzene rings is 5. The molecule has 11 heteroatoms. The van der Waals surface area contributed by atoms with Gasteiger partial charge >= 0.3 is 0 Å².